The molecule has 0 spiro atoms. The Bertz CT molecular complexity index is 613. The van der Waals surface area contributed by atoms with Crippen molar-refractivity contribution in [3.05, 3.63) is 0 Å². The predicted octanol–water partition coefficient (Wildman–Crippen LogP) is 5.86. The molecule has 2 rings (SSSR count). The average molecular weight is 602 g/mol. The lowest BCUT2D eigenvalue weighted by Gasteiger charge is -2.48. The van der Waals surface area contributed by atoms with Crippen LogP contribution in [0.25, 0.3) is 0 Å². The monoisotopic (exact) mass is 602 g/mol. The van der Waals surface area contributed by atoms with Crippen LogP contribution in [0.4, 0.5) is 0 Å². The van der Waals surface area contributed by atoms with Gasteiger partial charge in [-0.3, -0.25) is 0 Å². The van der Waals surface area contributed by atoms with Gasteiger partial charge in [0.15, 0.2) is 0 Å². The fourth-order valence-electron chi connectivity index (χ4n) is 8.14. The van der Waals surface area contributed by atoms with Gasteiger partial charge < -0.3 is 37.3 Å². The summed E-state index contributed by atoms with van der Waals surface area (Å²) in [6.07, 6.45) is 17.0. The molecule has 0 saturated heterocycles. The molecule has 0 aromatic heterocycles. The Morgan fingerprint density at radius 3 is 1.69 bits per heavy atom. The first-order chi connectivity index (χ1) is 20.0. The van der Waals surface area contributed by atoms with Crippen molar-refractivity contribution in [3.8, 4) is 0 Å². The minimum absolute atomic E-state index is 0.219. The highest BCUT2D eigenvalue weighted by Gasteiger charge is 2.54. The van der Waals surface area contributed by atoms with E-state index in [1.807, 2.05) is 0 Å². The Labute approximate surface area is 261 Å². The van der Waals surface area contributed by atoms with Crippen molar-refractivity contribution < 1.29 is 20.1 Å². The number of nitrogens with two attached hydrogens (primary N) is 3. The van der Waals surface area contributed by atoms with Gasteiger partial charge in [-0.2, -0.15) is 0 Å². The zero-order valence-corrected chi connectivity index (χ0v) is 28.8. The summed E-state index contributed by atoms with van der Waals surface area (Å²) >= 11 is 0. The highest BCUT2D eigenvalue weighted by molar-refractivity contribution is 5.02. The first-order valence-corrected chi connectivity index (χ1v) is 17.6. The molecule has 0 radical (unpaired) electrons. The van der Waals surface area contributed by atoms with E-state index in [2.05, 4.69) is 41.5 Å². The summed E-state index contributed by atoms with van der Waals surface area (Å²) in [7, 11) is 0. The number of hydrogen-bond acceptors (Lipinski definition) is 7. The first-order valence-electron chi connectivity index (χ1n) is 17.6. The number of aliphatic hydroxyl groups is 3. The largest absolute Gasteiger partial charge is 0.396 e. The molecule has 0 heterocycles. The predicted molar refractivity (Wildman–Crippen MR) is 179 cm³/mol. The standard InChI is InChI=1S/C29H57NO2.2C3H9NO/c1-7-27(32-21-11-19-30)29(6)25(22(2)12-10-20-31)16-17-26(29)23(3)14-15-24-13-8-9-18-28(24,4)5;2*4-2-1-3-5/h22-27,31H,7-21,30H2,1-6H3;2*5H,1-4H2/t22-,23?,24?,25?,26?,27+,29-;;/m1../s1. The van der Waals surface area contributed by atoms with Crippen LogP contribution in [0.1, 0.15) is 131 Å². The summed E-state index contributed by atoms with van der Waals surface area (Å²) in [5.41, 5.74) is 16.5. The van der Waals surface area contributed by atoms with Crippen molar-refractivity contribution in [1.82, 2.24) is 0 Å². The van der Waals surface area contributed by atoms with E-state index in [-0.39, 0.29) is 18.6 Å². The molecular weight excluding hydrogens is 526 g/mol. The molecule has 2 aliphatic rings. The summed E-state index contributed by atoms with van der Waals surface area (Å²) in [5, 5.41) is 25.4. The summed E-state index contributed by atoms with van der Waals surface area (Å²) < 4.78 is 6.58. The highest BCUT2D eigenvalue weighted by atomic mass is 16.5. The molecule has 2 saturated carbocycles. The van der Waals surface area contributed by atoms with Crippen LogP contribution in [0.2, 0.25) is 0 Å². The molecule has 9 N–H and O–H groups in total. The van der Waals surface area contributed by atoms with Crippen LogP contribution in [0.5, 0.6) is 0 Å². The van der Waals surface area contributed by atoms with Crippen molar-refractivity contribution in [1.29, 1.82) is 0 Å². The van der Waals surface area contributed by atoms with Crippen molar-refractivity contribution in [2.45, 2.75) is 138 Å². The van der Waals surface area contributed by atoms with Gasteiger partial charge in [-0.05, 0) is 131 Å². The number of aliphatic hydroxyl groups excluding tert-OH is 3. The Hall–Kier alpha value is -0.280. The summed E-state index contributed by atoms with van der Waals surface area (Å²) in [6, 6.07) is 0. The van der Waals surface area contributed by atoms with Crippen molar-refractivity contribution in [3.63, 3.8) is 0 Å². The summed E-state index contributed by atoms with van der Waals surface area (Å²) in [5.74, 6) is 3.72. The summed E-state index contributed by atoms with van der Waals surface area (Å²) in [4.78, 5) is 0. The topological polar surface area (TPSA) is 148 Å². The van der Waals surface area contributed by atoms with E-state index in [9.17, 15) is 5.11 Å². The molecule has 7 nitrogen and oxygen atoms in total. The average Bonchev–Trinajstić information content (AvgIpc) is 3.32. The van der Waals surface area contributed by atoms with Crippen LogP contribution >= 0.6 is 0 Å². The molecule has 2 aliphatic carbocycles. The lowest BCUT2D eigenvalue weighted by atomic mass is 9.60. The number of ether oxygens (including phenoxy) is 1. The molecule has 4 unspecified atom stereocenters. The van der Waals surface area contributed by atoms with Crippen molar-refractivity contribution in [2.75, 3.05) is 46.1 Å². The Balaban J connectivity index is 0.00000144. The van der Waals surface area contributed by atoms with E-state index in [1.165, 1.54) is 51.4 Å². The molecule has 254 valence electrons. The van der Waals surface area contributed by atoms with Gasteiger partial charge in [0, 0.05) is 26.4 Å². The maximum Gasteiger partial charge on any atom is 0.0631 e. The van der Waals surface area contributed by atoms with Crippen LogP contribution in [0.3, 0.4) is 0 Å². The van der Waals surface area contributed by atoms with Gasteiger partial charge in [-0.1, -0.05) is 60.8 Å². The SMILES string of the molecule is CC[C@H](OCCCN)[C@@]1(C)C(C(C)CCC2CCCCC2(C)C)CCC1[C@H](C)CCCO.NCCCO.NCCCO. The molecule has 7 heteroatoms. The molecule has 0 bridgehead atoms. The van der Waals surface area contributed by atoms with Crippen LogP contribution in [0, 0.1) is 40.4 Å². The van der Waals surface area contributed by atoms with Crippen LogP contribution < -0.4 is 17.2 Å². The summed E-state index contributed by atoms with van der Waals surface area (Å²) in [6.45, 7) is 18.3. The first kappa shape index (κ1) is 41.7. The van der Waals surface area contributed by atoms with Crippen molar-refractivity contribution >= 4 is 0 Å². The van der Waals surface area contributed by atoms with Gasteiger partial charge in [0.2, 0.25) is 0 Å². The van der Waals surface area contributed by atoms with E-state index >= 15 is 0 Å². The normalized spacial score (nSPS) is 27.3. The minimum Gasteiger partial charge on any atom is -0.396 e. The molecular formula is C35H75N3O4. The van der Waals surface area contributed by atoms with Gasteiger partial charge in [-0.25, -0.2) is 0 Å². The van der Waals surface area contributed by atoms with Gasteiger partial charge in [0.05, 0.1) is 6.10 Å². The van der Waals surface area contributed by atoms with Gasteiger partial charge in [0.1, 0.15) is 0 Å². The highest BCUT2D eigenvalue weighted by Crippen LogP contribution is 2.58. The van der Waals surface area contributed by atoms with E-state index in [0.717, 1.165) is 62.9 Å². The molecule has 0 aromatic rings. The Morgan fingerprint density at radius 1 is 0.738 bits per heavy atom. The zero-order valence-electron chi connectivity index (χ0n) is 28.8. The number of rotatable bonds is 18. The molecule has 7 atom stereocenters. The second-order valence-corrected chi connectivity index (χ2v) is 14.1. The zero-order chi connectivity index (χ0) is 32.0. The van der Waals surface area contributed by atoms with Gasteiger partial charge in [-0.15, -0.1) is 0 Å². The van der Waals surface area contributed by atoms with Crippen LogP contribution in [-0.4, -0.2) is 67.5 Å². The smallest absolute Gasteiger partial charge is 0.0631 e. The van der Waals surface area contributed by atoms with E-state index in [4.69, 9.17) is 32.2 Å². The second kappa shape index (κ2) is 24.0. The fourth-order valence-corrected chi connectivity index (χ4v) is 8.14. The second-order valence-electron chi connectivity index (χ2n) is 14.1. The van der Waals surface area contributed by atoms with Gasteiger partial charge >= 0.3 is 0 Å². The quantitative estimate of drug-likeness (QED) is 0.108. The Kier molecular flexibility index (Phi) is 23.9. The maximum absolute atomic E-state index is 9.43. The van der Waals surface area contributed by atoms with E-state index in [0.29, 0.717) is 49.6 Å². The number of hydrogen-bond donors (Lipinski definition) is 6. The molecule has 2 fully saturated rings. The third-order valence-corrected chi connectivity index (χ3v) is 10.7. The maximum atomic E-state index is 9.43. The molecule has 42 heavy (non-hydrogen) atoms. The fraction of sp³-hybridized carbons (Fsp3) is 1.00. The van der Waals surface area contributed by atoms with Crippen molar-refractivity contribution in [2.24, 2.45) is 57.6 Å². The van der Waals surface area contributed by atoms with Crippen LogP contribution in [0.15, 0.2) is 0 Å². The van der Waals surface area contributed by atoms with Crippen LogP contribution in [-0.2, 0) is 4.74 Å². The molecule has 0 aromatic carbocycles. The third-order valence-electron chi connectivity index (χ3n) is 10.7. The third kappa shape index (κ3) is 14.2. The van der Waals surface area contributed by atoms with E-state index < -0.39 is 0 Å². The molecule has 0 amide bonds. The minimum atomic E-state index is 0.219. The lowest BCUT2D eigenvalue weighted by Crippen LogP contribution is -2.46. The Morgan fingerprint density at radius 2 is 1.26 bits per heavy atom. The molecule has 0 aliphatic heterocycles. The van der Waals surface area contributed by atoms with Gasteiger partial charge in [0.25, 0.3) is 0 Å². The lowest BCUT2D eigenvalue weighted by molar-refractivity contribution is -0.0963. The van der Waals surface area contributed by atoms with E-state index in [1.54, 1.807) is 0 Å².